The van der Waals surface area contributed by atoms with E-state index in [1.807, 2.05) is 0 Å². The van der Waals surface area contributed by atoms with Crippen molar-refractivity contribution in [3.8, 4) is 0 Å². The van der Waals surface area contributed by atoms with Crippen molar-refractivity contribution in [2.24, 2.45) is 5.92 Å². The van der Waals surface area contributed by atoms with Gasteiger partial charge in [-0.1, -0.05) is 13.0 Å². The van der Waals surface area contributed by atoms with Gasteiger partial charge in [0.25, 0.3) is 0 Å². The number of ether oxygens (including phenoxy) is 1. The summed E-state index contributed by atoms with van der Waals surface area (Å²) < 4.78 is 17.5. The fourth-order valence-corrected chi connectivity index (χ4v) is 1.77. The number of hydrogen-bond acceptors (Lipinski definition) is 3. The van der Waals surface area contributed by atoms with Crippen LogP contribution in [-0.2, 0) is 9.53 Å². The van der Waals surface area contributed by atoms with E-state index in [0.717, 1.165) is 0 Å². The highest BCUT2D eigenvalue weighted by Crippen LogP contribution is 2.25. The zero-order valence-electron chi connectivity index (χ0n) is 10.2. The molecule has 2 atom stereocenters. The molecule has 0 saturated carbocycles. The van der Waals surface area contributed by atoms with Crippen molar-refractivity contribution in [1.82, 2.24) is 0 Å². The van der Waals surface area contributed by atoms with Crippen LogP contribution in [0.15, 0.2) is 18.2 Å². The van der Waals surface area contributed by atoms with Crippen LogP contribution in [0, 0.1) is 18.7 Å². The zero-order valence-corrected chi connectivity index (χ0v) is 10.2. The van der Waals surface area contributed by atoms with Gasteiger partial charge in [0.2, 0.25) is 0 Å². The van der Waals surface area contributed by atoms with Crippen LogP contribution in [0.3, 0.4) is 0 Å². The van der Waals surface area contributed by atoms with Gasteiger partial charge in [0, 0.05) is 0 Å². The number of methoxy groups -OCH3 is 1. The van der Waals surface area contributed by atoms with Gasteiger partial charge in [0.15, 0.2) is 0 Å². The Labute approximate surface area is 100 Å². The Balaban J connectivity index is 2.76. The number of halogens is 1. The van der Waals surface area contributed by atoms with Gasteiger partial charge >= 0.3 is 5.97 Å². The molecule has 1 aromatic carbocycles. The number of aliphatic hydroxyl groups excluding tert-OH is 1. The summed E-state index contributed by atoms with van der Waals surface area (Å²) in [6.45, 7) is 3.42. The molecule has 0 aromatic heterocycles. The Morgan fingerprint density at radius 2 is 2.18 bits per heavy atom. The number of aliphatic hydroxyl groups is 1. The molecule has 4 heteroatoms. The molecule has 3 nitrogen and oxygen atoms in total. The first-order valence-electron chi connectivity index (χ1n) is 5.47. The van der Waals surface area contributed by atoms with E-state index >= 15 is 0 Å². The number of benzene rings is 1. The lowest BCUT2D eigenvalue weighted by Crippen LogP contribution is -2.16. The lowest BCUT2D eigenvalue weighted by atomic mass is 9.95. The molecule has 17 heavy (non-hydrogen) atoms. The second-order valence-electron chi connectivity index (χ2n) is 4.18. The number of esters is 1. The van der Waals surface area contributed by atoms with Crippen LogP contribution in [0.4, 0.5) is 4.39 Å². The van der Waals surface area contributed by atoms with E-state index < -0.39 is 6.10 Å². The number of rotatable bonds is 4. The third kappa shape index (κ3) is 3.53. The molecule has 0 aliphatic carbocycles. The largest absolute Gasteiger partial charge is 0.469 e. The van der Waals surface area contributed by atoms with Crippen LogP contribution in [0.2, 0.25) is 0 Å². The Bertz CT molecular complexity index is 404. The summed E-state index contributed by atoms with van der Waals surface area (Å²) in [6.07, 6.45) is -0.524. The van der Waals surface area contributed by atoms with Crippen molar-refractivity contribution >= 4 is 5.97 Å². The van der Waals surface area contributed by atoms with Crippen LogP contribution in [-0.4, -0.2) is 18.2 Å². The van der Waals surface area contributed by atoms with Crippen LogP contribution in [0.25, 0.3) is 0 Å². The van der Waals surface area contributed by atoms with E-state index in [9.17, 15) is 14.3 Å². The fraction of sp³-hybridized carbons (Fsp3) is 0.462. The SMILES string of the molecule is COC(=O)C(C)CC(O)c1ccc(F)cc1C. The molecule has 94 valence electrons. The monoisotopic (exact) mass is 240 g/mol. The van der Waals surface area contributed by atoms with Crippen LogP contribution in [0.1, 0.15) is 30.6 Å². The third-order valence-electron chi connectivity index (χ3n) is 2.77. The molecule has 0 fully saturated rings. The Hall–Kier alpha value is -1.42. The minimum atomic E-state index is -0.787. The molecular weight excluding hydrogens is 223 g/mol. The number of carbonyl (C=O) groups is 1. The van der Waals surface area contributed by atoms with Gasteiger partial charge in [0.1, 0.15) is 5.82 Å². The molecule has 0 amide bonds. The molecule has 0 radical (unpaired) electrons. The van der Waals surface area contributed by atoms with Crippen LogP contribution in [0.5, 0.6) is 0 Å². The Morgan fingerprint density at radius 1 is 1.53 bits per heavy atom. The van der Waals surface area contributed by atoms with Crippen molar-refractivity contribution < 1.29 is 19.0 Å². The van der Waals surface area contributed by atoms with E-state index in [1.54, 1.807) is 19.9 Å². The van der Waals surface area contributed by atoms with E-state index in [0.29, 0.717) is 11.1 Å². The Kier molecular flexibility index (Phi) is 4.63. The van der Waals surface area contributed by atoms with Gasteiger partial charge in [-0.2, -0.15) is 0 Å². The molecule has 1 rings (SSSR count). The summed E-state index contributed by atoms with van der Waals surface area (Å²) in [5, 5.41) is 9.98. The molecular formula is C13H17FO3. The van der Waals surface area contributed by atoms with Crippen LogP contribution < -0.4 is 0 Å². The quantitative estimate of drug-likeness (QED) is 0.822. The predicted octanol–water partition coefficient (Wildman–Crippen LogP) is 2.37. The van der Waals surface area contributed by atoms with E-state index in [4.69, 9.17) is 0 Å². The van der Waals surface area contributed by atoms with Gasteiger partial charge in [-0.05, 0) is 36.6 Å². The fourth-order valence-electron chi connectivity index (χ4n) is 1.77. The van der Waals surface area contributed by atoms with Crippen molar-refractivity contribution in [1.29, 1.82) is 0 Å². The summed E-state index contributed by atoms with van der Waals surface area (Å²) in [7, 11) is 1.31. The second kappa shape index (κ2) is 5.77. The normalized spacial score (nSPS) is 14.2. The molecule has 2 unspecified atom stereocenters. The summed E-state index contributed by atoms with van der Waals surface area (Å²) in [4.78, 5) is 11.2. The molecule has 0 saturated heterocycles. The van der Waals surface area contributed by atoms with Gasteiger partial charge in [-0.3, -0.25) is 4.79 Å². The molecule has 0 aliphatic rings. The number of aryl methyl sites for hydroxylation is 1. The number of carbonyl (C=O) groups excluding carboxylic acids is 1. The highest BCUT2D eigenvalue weighted by Gasteiger charge is 2.20. The maximum atomic E-state index is 12.9. The first-order valence-corrected chi connectivity index (χ1v) is 5.47. The minimum absolute atomic E-state index is 0.263. The average Bonchev–Trinajstić information content (AvgIpc) is 2.27. The smallest absolute Gasteiger partial charge is 0.308 e. The van der Waals surface area contributed by atoms with E-state index in [1.165, 1.54) is 19.2 Å². The van der Waals surface area contributed by atoms with Gasteiger partial charge < -0.3 is 9.84 Å². The van der Waals surface area contributed by atoms with E-state index in [2.05, 4.69) is 4.74 Å². The highest BCUT2D eigenvalue weighted by molar-refractivity contribution is 5.71. The molecule has 0 spiro atoms. The predicted molar refractivity (Wildman–Crippen MR) is 61.9 cm³/mol. The third-order valence-corrected chi connectivity index (χ3v) is 2.77. The molecule has 1 aromatic rings. The summed E-state index contributed by atoms with van der Waals surface area (Å²) in [6, 6.07) is 4.20. The average molecular weight is 240 g/mol. The molecule has 0 heterocycles. The number of hydrogen-bond donors (Lipinski definition) is 1. The van der Waals surface area contributed by atoms with Crippen molar-refractivity contribution in [2.75, 3.05) is 7.11 Å². The van der Waals surface area contributed by atoms with Gasteiger partial charge in [0.05, 0.1) is 19.1 Å². The summed E-state index contributed by atoms with van der Waals surface area (Å²) in [5.74, 6) is -1.08. The first-order chi connectivity index (χ1) is 7.95. The lowest BCUT2D eigenvalue weighted by molar-refractivity contribution is -0.145. The van der Waals surface area contributed by atoms with Gasteiger partial charge in [-0.15, -0.1) is 0 Å². The molecule has 0 aliphatic heterocycles. The maximum absolute atomic E-state index is 12.9. The maximum Gasteiger partial charge on any atom is 0.308 e. The Morgan fingerprint density at radius 3 is 2.71 bits per heavy atom. The minimum Gasteiger partial charge on any atom is -0.469 e. The van der Waals surface area contributed by atoms with Crippen molar-refractivity contribution in [3.63, 3.8) is 0 Å². The topological polar surface area (TPSA) is 46.5 Å². The lowest BCUT2D eigenvalue weighted by Gasteiger charge is -2.16. The van der Waals surface area contributed by atoms with Crippen molar-refractivity contribution in [2.45, 2.75) is 26.4 Å². The highest BCUT2D eigenvalue weighted by atomic mass is 19.1. The first kappa shape index (κ1) is 13.6. The standard InChI is InChI=1S/C13H17FO3/c1-8-6-10(14)4-5-11(8)12(15)7-9(2)13(16)17-3/h4-6,9,12,15H,7H2,1-3H3. The molecule has 0 bridgehead atoms. The zero-order chi connectivity index (χ0) is 13.0. The van der Waals surface area contributed by atoms with Gasteiger partial charge in [-0.25, -0.2) is 4.39 Å². The summed E-state index contributed by atoms with van der Waals surface area (Å²) >= 11 is 0. The molecule has 1 N–H and O–H groups in total. The summed E-state index contributed by atoms with van der Waals surface area (Å²) in [5.41, 5.74) is 1.32. The van der Waals surface area contributed by atoms with Crippen molar-refractivity contribution in [3.05, 3.63) is 35.1 Å². The van der Waals surface area contributed by atoms with Crippen LogP contribution >= 0.6 is 0 Å². The second-order valence-corrected chi connectivity index (χ2v) is 4.18. The van der Waals surface area contributed by atoms with E-state index in [-0.39, 0.29) is 24.1 Å².